The number of nitrogens with one attached hydrogen (secondary N) is 1. The molecular formula is C19H19N7O2. The molecule has 0 aliphatic rings. The summed E-state index contributed by atoms with van der Waals surface area (Å²) in [5.41, 5.74) is 2.67. The van der Waals surface area contributed by atoms with Gasteiger partial charge in [-0.25, -0.2) is 19.3 Å². The summed E-state index contributed by atoms with van der Waals surface area (Å²) in [6.07, 6.45) is 6.75. The average molecular weight is 377 g/mol. The lowest BCUT2D eigenvalue weighted by atomic mass is 10.1. The highest BCUT2D eigenvalue weighted by atomic mass is 16.5. The molecule has 142 valence electrons. The highest BCUT2D eigenvalue weighted by Crippen LogP contribution is 2.24. The van der Waals surface area contributed by atoms with Crippen molar-refractivity contribution in [3.05, 3.63) is 60.8 Å². The molecule has 0 aliphatic carbocycles. The van der Waals surface area contributed by atoms with Gasteiger partial charge >= 0.3 is 5.97 Å². The van der Waals surface area contributed by atoms with E-state index in [4.69, 9.17) is 4.74 Å². The lowest BCUT2D eigenvalue weighted by molar-refractivity contribution is -0.141. The van der Waals surface area contributed by atoms with Crippen LogP contribution in [0, 0.1) is 0 Å². The number of aromatic nitrogens is 6. The van der Waals surface area contributed by atoms with E-state index in [1.807, 2.05) is 41.2 Å². The van der Waals surface area contributed by atoms with Crippen LogP contribution in [0.5, 0.6) is 0 Å². The summed E-state index contributed by atoms with van der Waals surface area (Å²) in [6.45, 7) is 2.05. The Bertz CT molecular complexity index is 1090. The van der Waals surface area contributed by atoms with E-state index in [0.29, 0.717) is 11.5 Å². The Balaban J connectivity index is 1.55. The van der Waals surface area contributed by atoms with E-state index in [2.05, 4.69) is 32.4 Å². The molecule has 0 bridgehead atoms. The molecule has 1 unspecified atom stereocenters. The standard InChI is InChI=1S/C19H19N7O2/c1-13(14-4-6-15(7-5-14)25-9-3-8-22-25)24-18-16-10-23-26(11-17(27)28-2)19(16)21-12-20-18/h3-10,12-13H,11H2,1-2H3,(H,20,21,24). The normalized spacial score (nSPS) is 12.1. The Morgan fingerprint density at radius 2 is 2.04 bits per heavy atom. The van der Waals surface area contributed by atoms with Gasteiger partial charge in [0.2, 0.25) is 0 Å². The molecule has 0 fully saturated rings. The van der Waals surface area contributed by atoms with Crippen LogP contribution in [0.25, 0.3) is 16.7 Å². The number of hydrogen-bond acceptors (Lipinski definition) is 7. The van der Waals surface area contributed by atoms with E-state index in [0.717, 1.165) is 16.6 Å². The highest BCUT2D eigenvalue weighted by molar-refractivity contribution is 5.87. The monoisotopic (exact) mass is 377 g/mol. The first-order chi connectivity index (χ1) is 13.7. The van der Waals surface area contributed by atoms with Gasteiger partial charge in [0, 0.05) is 18.4 Å². The number of nitrogens with zero attached hydrogens (tertiary/aromatic N) is 6. The van der Waals surface area contributed by atoms with Crippen LogP contribution in [-0.2, 0) is 16.1 Å². The molecule has 0 spiro atoms. The SMILES string of the molecule is COC(=O)Cn1ncc2c(NC(C)c3ccc(-n4cccn4)cc3)ncnc21. The number of hydrogen-bond donors (Lipinski definition) is 1. The van der Waals surface area contributed by atoms with E-state index < -0.39 is 0 Å². The van der Waals surface area contributed by atoms with Crippen molar-refractivity contribution in [2.24, 2.45) is 0 Å². The number of ether oxygens (including phenoxy) is 1. The van der Waals surface area contributed by atoms with Crippen LogP contribution < -0.4 is 5.32 Å². The largest absolute Gasteiger partial charge is 0.468 e. The maximum atomic E-state index is 11.5. The Kier molecular flexibility index (Phi) is 4.71. The number of esters is 1. The summed E-state index contributed by atoms with van der Waals surface area (Å²) in [7, 11) is 1.34. The van der Waals surface area contributed by atoms with Gasteiger partial charge in [0.05, 0.1) is 24.4 Å². The summed E-state index contributed by atoms with van der Waals surface area (Å²) in [5.74, 6) is 0.272. The number of benzene rings is 1. The number of methoxy groups -OCH3 is 1. The lowest BCUT2D eigenvalue weighted by Crippen LogP contribution is -2.13. The summed E-state index contributed by atoms with van der Waals surface area (Å²) in [5, 5.41) is 12.6. The molecular weight excluding hydrogens is 358 g/mol. The second-order valence-corrected chi connectivity index (χ2v) is 6.25. The zero-order valence-corrected chi connectivity index (χ0v) is 15.5. The van der Waals surface area contributed by atoms with Gasteiger partial charge in [0.1, 0.15) is 18.7 Å². The summed E-state index contributed by atoms with van der Waals surface area (Å²) < 4.78 is 8.01. The molecule has 0 aliphatic heterocycles. The fraction of sp³-hybridized carbons (Fsp3) is 0.211. The molecule has 3 aromatic heterocycles. The van der Waals surface area contributed by atoms with Gasteiger partial charge in [-0.05, 0) is 30.7 Å². The molecule has 9 nitrogen and oxygen atoms in total. The molecule has 28 heavy (non-hydrogen) atoms. The van der Waals surface area contributed by atoms with Gasteiger partial charge in [-0.2, -0.15) is 10.2 Å². The van der Waals surface area contributed by atoms with Crippen molar-refractivity contribution in [3.8, 4) is 5.69 Å². The molecule has 1 atom stereocenters. The molecule has 3 heterocycles. The number of fused-ring (bicyclic) bond motifs is 1. The van der Waals surface area contributed by atoms with Crippen molar-refractivity contribution in [2.75, 3.05) is 12.4 Å². The van der Waals surface area contributed by atoms with Gasteiger partial charge in [-0.1, -0.05) is 12.1 Å². The summed E-state index contributed by atoms with van der Waals surface area (Å²) >= 11 is 0. The van der Waals surface area contributed by atoms with E-state index in [9.17, 15) is 4.79 Å². The molecule has 0 saturated carbocycles. The van der Waals surface area contributed by atoms with E-state index in [1.165, 1.54) is 18.1 Å². The first kappa shape index (κ1) is 17.7. The quantitative estimate of drug-likeness (QED) is 0.515. The van der Waals surface area contributed by atoms with Gasteiger partial charge in [-0.15, -0.1) is 0 Å². The van der Waals surface area contributed by atoms with Crippen LogP contribution in [0.4, 0.5) is 5.82 Å². The maximum Gasteiger partial charge on any atom is 0.327 e. The minimum absolute atomic E-state index is 0.000890. The minimum Gasteiger partial charge on any atom is -0.468 e. The third-order valence-electron chi connectivity index (χ3n) is 4.46. The molecule has 9 heteroatoms. The highest BCUT2D eigenvalue weighted by Gasteiger charge is 2.14. The molecule has 0 saturated heterocycles. The van der Waals surface area contributed by atoms with Crippen LogP contribution in [0.3, 0.4) is 0 Å². The van der Waals surface area contributed by atoms with Gasteiger partial charge in [0.15, 0.2) is 5.65 Å². The van der Waals surface area contributed by atoms with Crippen molar-refractivity contribution in [2.45, 2.75) is 19.5 Å². The fourth-order valence-corrected chi connectivity index (χ4v) is 2.94. The number of rotatable bonds is 6. The smallest absolute Gasteiger partial charge is 0.327 e. The molecule has 4 aromatic rings. The van der Waals surface area contributed by atoms with Crippen LogP contribution in [0.1, 0.15) is 18.5 Å². The topological polar surface area (TPSA) is 99.8 Å². The third-order valence-corrected chi connectivity index (χ3v) is 4.46. The number of carbonyl (C=O) groups excluding carboxylic acids is 1. The van der Waals surface area contributed by atoms with Crippen molar-refractivity contribution in [1.82, 2.24) is 29.5 Å². The van der Waals surface area contributed by atoms with Crippen molar-refractivity contribution in [3.63, 3.8) is 0 Å². The zero-order valence-electron chi connectivity index (χ0n) is 15.5. The van der Waals surface area contributed by atoms with Crippen LogP contribution in [-0.4, -0.2) is 42.6 Å². The third kappa shape index (κ3) is 3.41. The molecule has 4 rings (SSSR count). The second-order valence-electron chi connectivity index (χ2n) is 6.25. The van der Waals surface area contributed by atoms with E-state index in [-0.39, 0.29) is 18.6 Å². The molecule has 0 radical (unpaired) electrons. The van der Waals surface area contributed by atoms with Crippen molar-refractivity contribution < 1.29 is 9.53 Å². The predicted octanol–water partition coefficient (Wildman–Crippen LogP) is 2.36. The van der Waals surface area contributed by atoms with Gasteiger partial charge in [0.25, 0.3) is 0 Å². The maximum absolute atomic E-state index is 11.5. The minimum atomic E-state index is -0.385. The molecule has 1 N–H and O–H groups in total. The first-order valence-electron chi connectivity index (χ1n) is 8.75. The molecule has 1 aromatic carbocycles. The van der Waals surface area contributed by atoms with Gasteiger partial charge in [-0.3, -0.25) is 4.79 Å². The number of anilines is 1. The predicted molar refractivity (Wildman–Crippen MR) is 103 cm³/mol. The van der Waals surface area contributed by atoms with Crippen molar-refractivity contribution in [1.29, 1.82) is 0 Å². The Morgan fingerprint density at radius 3 is 2.75 bits per heavy atom. The summed E-state index contributed by atoms with van der Waals surface area (Å²) in [6, 6.07) is 10.0. The Morgan fingerprint density at radius 1 is 1.21 bits per heavy atom. The average Bonchev–Trinajstić information content (AvgIpc) is 3.39. The second kappa shape index (κ2) is 7.47. The van der Waals surface area contributed by atoms with Crippen molar-refractivity contribution >= 4 is 22.8 Å². The number of carbonyl (C=O) groups is 1. The molecule has 0 amide bonds. The van der Waals surface area contributed by atoms with Crippen LogP contribution in [0.15, 0.2) is 55.2 Å². The lowest BCUT2D eigenvalue weighted by Gasteiger charge is -2.16. The zero-order chi connectivity index (χ0) is 19.5. The Hall–Kier alpha value is -3.75. The Labute approximate surface area is 161 Å². The summed E-state index contributed by atoms with van der Waals surface area (Å²) in [4.78, 5) is 20.1. The van der Waals surface area contributed by atoms with Crippen LogP contribution in [0.2, 0.25) is 0 Å². The van der Waals surface area contributed by atoms with E-state index >= 15 is 0 Å². The van der Waals surface area contributed by atoms with Crippen LogP contribution >= 0.6 is 0 Å². The first-order valence-corrected chi connectivity index (χ1v) is 8.75. The van der Waals surface area contributed by atoms with Gasteiger partial charge < -0.3 is 10.1 Å². The fourth-order valence-electron chi connectivity index (χ4n) is 2.94. The van der Waals surface area contributed by atoms with E-state index in [1.54, 1.807) is 12.4 Å².